The first-order valence-corrected chi connectivity index (χ1v) is 31.7. The van der Waals surface area contributed by atoms with E-state index in [-0.39, 0.29) is 10.8 Å². The molecule has 0 saturated carbocycles. The lowest BCUT2D eigenvalue weighted by molar-refractivity contribution is 0.660. The average Bonchev–Trinajstić information content (AvgIpc) is 1.13. The maximum atomic E-state index is 2.44. The summed E-state index contributed by atoms with van der Waals surface area (Å²) in [5.74, 6) is 0. The number of nitrogens with zero attached hydrogens (tertiary/aromatic N) is 2. The Labute approximate surface area is 526 Å². The van der Waals surface area contributed by atoms with Crippen molar-refractivity contribution in [2.45, 2.75) is 52.4 Å². The Balaban J connectivity index is 0.669. The molecule has 428 valence electrons. The number of rotatable bonds is 10. The fraction of sp³-hybridized carbons (Fsp3) is 0.0909. The van der Waals surface area contributed by atoms with E-state index in [9.17, 15) is 0 Å². The summed E-state index contributed by atoms with van der Waals surface area (Å²) in [6.45, 7) is 13.9. The summed E-state index contributed by atoms with van der Waals surface area (Å²) >= 11 is 0. The summed E-state index contributed by atoms with van der Waals surface area (Å²) in [7, 11) is 0. The fourth-order valence-electron chi connectivity index (χ4n) is 15.4. The van der Waals surface area contributed by atoms with Crippen molar-refractivity contribution in [1.82, 2.24) is 0 Å². The van der Waals surface area contributed by atoms with Crippen LogP contribution in [0, 0.1) is 13.8 Å². The van der Waals surface area contributed by atoms with Gasteiger partial charge >= 0.3 is 0 Å². The lowest BCUT2D eigenvalue weighted by Gasteiger charge is -2.29. The van der Waals surface area contributed by atoms with Gasteiger partial charge in [0.05, 0.1) is 11.4 Å². The minimum atomic E-state index is -0.212. The molecule has 0 aliphatic heterocycles. The van der Waals surface area contributed by atoms with Crippen LogP contribution < -0.4 is 9.80 Å². The quantitative estimate of drug-likeness (QED) is 0.0765. The largest absolute Gasteiger partial charge is 0.310 e. The second-order valence-corrected chi connectivity index (χ2v) is 26.2. The average molecular weight is 1150 g/mol. The van der Waals surface area contributed by atoms with E-state index in [2.05, 4.69) is 343 Å². The molecule has 0 bridgehead atoms. The Kier molecular flexibility index (Phi) is 12.1. The molecule has 15 aromatic rings. The zero-order valence-corrected chi connectivity index (χ0v) is 51.6. The Morgan fingerprint density at radius 3 is 1.03 bits per heavy atom. The summed E-state index contributed by atoms with van der Waals surface area (Å²) in [5.41, 5.74) is 24.5. The molecule has 0 spiro atoms. The summed E-state index contributed by atoms with van der Waals surface area (Å²) < 4.78 is 0. The molecule has 0 N–H and O–H groups in total. The van der Waals surface area contributed by atoms with Crippen molar-refractivity contribution >= 4 is 123 Å². The third kappa shape index (κ3) is 8.39. The molecule has 0 amide bonds. The molecule has 90 heavy (non-hydrogen) atoms. The van der Waals surface area contributed by atoms with Gasteiger partial charge in [0.2, 0.25) is 0 Å². The van der Waals surface area contributed by atoms with Gasteiger partial charge in [0, 0.05) is 44.4 Å². The van der Waals surface area contributed by atoms with Crippen molar-refractivity contribution in [3.05, 3.63) is 323 Å². The van der Waals surface area contributed by atoms with Crippen molar-refractivity contribution in [2.24, 2.45) is 0 Å². The number of aryl methyl sites for hydroxylation is 2. The van der Waals surface area contributed by atoms with Gasteiger partial charge in [-0.1, -0.05) is 269 Å². The zero-order chi connectivity index (χ0) is 60.6. The van der Waals surface area contributed by atoms with Gasteiger partial charge < -0.3 is 9.80 Å². The highest BCUT2D eigenvalue weighted by atomic mass is 15.1. The van der Waals surface area contributed by atoms with Crippen LogP contribution in [0.4, 0.5) is 34.1 Å². The maximum absolute atomic E-state index is 2.44. The number of hydrogen-bond donors (Lipinski definition) is 0. The van der Waals surface area contributed by atoms with E-state index in [1.165, 1.54) is 154 Å². The van der Waals surface area contributed by atoms with Crippen molar-refractivity contribution in [3.8, 4) is 22.3 Å². The van der Waals surface area contributed by atoms with Crippen LogP contribution in [-0.4, -0.2) is 0 Å². The molecular weight excluding hydrogens is 1080 g/mol. The molecule has 2 aliphatic rings. The molecule has 0 radical (unpaired) electrons. The third-order valence-corrected chi connectivity index (χ3v) is 20.1. The molecule has 0 aromatic heterocycles. The van der Waals surface area contributed by atoms with Crippen LogP contribution in [0.3, 0.4) is 0 Å². The van der Waals surface area contributed by atoms with Crippen molar-refractivity contribution < 1.29 is 0 Å². The highest BCUT2D eigenvalue weighted by Gasteiger charge is 2.38. The molecule has 0 saturated heterocycles. The summed E-state index contributed by atoms with van der Waals surface area (Å²) in [4.78, 5) is 4.87. The minimum absolute atomic E-state index is 0.212. The van der Waals surface area contributed by atoms with E-state index in [0.29, 0.717) is 0 Å². The second-order valence-electron chi connectivity index (χ2n) is 26.2. The maximum Gasteiger partial charge on any atom is 0.0540 e. The monoisotopic (exact) mass is 1150 g/mol. The van der Waals surface area contributed by atoms with E-state index in [0.717, 1.165) is 22.7 Å². The molecule has 0 heterocycles. The Hall–Kier alpha value is -10.8. The van der Waals surface area contributed by atoms with Crippen LogP contribution in [0.5, 0.6) is 0 Å². The molecule has 2 heteroatoms. The standard InChI is InChI=1S/C88H66N2/c1-55-27-39-63(40-28-55)89(83-25-11-17-59-15-7-9-19-67(59)83)65-43-49-73-71-45-33-57(51-79(71)87(3,4)81(73)53-65)31-35-61-37-47-77-76-24-14-22-70-62(38-48-78(86(70)76)75-23-13-21-69(61)85(75)77)36-32-58-34-46-72-74-50-44-66(54-82(74)88(5,6)80(72)52-58)90(64-41-29-56(2)30-42-64)84-26-12-18-60-16-8-10-20-68(60)84/h7-54H,1-6H3/b35-31+,36-32+. The Bertz CT molecular complexity index is 5130. The van der Waals surface area contributed by atoms with Gasteiger partial charge in [-0.3, -0.25) is 0 Å². The smallest absolute Gasteiger partial charge is 0.0540 e. The van der Waals surface area contributed by atoms with Gasteiger partial charge in [0.1, 0.15) is 0 Å². The summed E-state index contributed by atoms with van der Waals surface area (Å²) in [5, 5.41) is 15.3. The van der Waals surface area contributed by atoms with E-state index >= 15 is 0 Å². The molecule has 2 aliphatic carbocycles. The molecule has 0 unspecified atom stereocenters. The first-order valence-electron chi connectivity index (χ1n) is 31.7. The zero-order valence-electron chi connectivity index (χ0n) is 51.6. The summed E-state index contributed by atoms with van der Waals surface area (Å²) in [6, 6.07) is 100. The van der Waals surface area contributed by atoms with Crippen LogP contribution >= 0.6 is 0 Å². The van der Waals surface area contributed by atoms with Gasteiger partial charge in [-0.2, -0.15) is 0 Å². The minimum Gasteiger partial charge on any atom is -0.310 e. The molecule has 0 atom stereocenters. The first kappa shape index (κ1) is 53.4. The highest BCUT2D eigenvalue weighted by molar-refractivity contribution is 6.34. The first-order chi connectivity index (χ1) is 43.9. The predicted molar refractivity (Wildman–Crippen MR) is 387 cm³/mol. The molecule has 15 aromatic carbocycles. The molecule has 17 rings (SSSR count). The third-order valence-electron chi connectivity index (χ3n) is 20.1. The van der Waals surface area contributed by atoms with Gasteiger partial charge in [-0.15, -0.1) is 0 Å². The van der Waals surface area contributed by atoms with Crippen LogP contribution in [-0.2, 0) is 10.8 Å². The molecule has 2 nitrogen and oxygen atoms in total. The number of fused-ring (bicyclic) bond motifs is 10. The Morgan fingerprint density at radius 2 is 0.600 bits per heavy atom. The van der Waals surface area contributed by atoms with Gasteiger partial charge in [0.25, 0.3) is 0 Å². The van der Waals surface area contributed by atoms with Gasteiger partial charge in [0.15, 0.2) is 0 Å². The van der Waals surface area contributed by atoms with Crippen molar-refractivity contribution in [3.63, 3.8) is 0 Å². The number of benzene rings is 15. The highest BCUT2D eigenvalue weighted by Crippen LogP contribution is 2.54. The summed E-state index contributed by atoms with van der Waals surface area (Å²) in [6.07, 6.45) is 9.29. The molecule has 0 fully saturated rings. The van der Waals surface area contributed by atoms with Crippen LogP contribution in [0.2, 0.25) is 0 Å². The van der Waals surface area contributed by atoms with E-state index in [1.54, 1.807) is 0 Å². The predicted octanol–water partition coefficient (Wildman–Crippen LogP) is 24.6. The van der Waals surface area contributed by atoms with Crippen LogP contribution in [0.15, 0.2) is 267 Å². The number of hydrogen-bond acceptors (Lipinski definition) is 2. The van der Waals surface area contributed by atoms with Crippen LogP contribution in [0.25, 0.3) is 111 Å². The molecular formula is C88H66N2. The lowest BCUT2D eigenvalue weighted by Crippen LogP contribution is -2.17. The van der Waals surface area contributed by atoms with E-state index in [1.807, 2.05) is 0 Å². The number of anilines is 6. The van der Waals surface area contributed by atoms with Crippen molar-refractivity contribution in [1.29, 1.82) is 0 Å². The van der Waals surface area contributed by atoms with Crippen LogP contribution in [0.1, 0.15) is 83.3 Å². The van der Waals surface area contributed by atoms with E-state index in [4.69, 9.17) is 0 Å². The van der Waals surface area contributed by atoms with Gasteiger partial charge in [-0.05, 0) is 195 Å². The second kappa shape index (κ2) is 20.4. The topological polar surface area (TPSA) is 6.48 Å². The normalized spacial score (nSPS) is 13.8. The Morgan fingerprint density at radius 1 is 0.267 bits per heavy atom. The van der Waals surface area contributed by atoms with Gasteiger partial charge in [-0.25, -0.2) is 0 Å². The lowest BCUT2D eigenvalue weighted by atomic mass is 9.81. The van der Waals surface area contributed by atoms with Crippen molar-refractivity contribution in [2.75, 3.05) is 9.80 Å². The SMILES string of the molecule is Cc1ccc(N(c2ccc3c(c2)C(C)(C)c2cc(/C=C/c4ccc5c6cccc7c(/C=C/c8ccc9c(c8)C(C)(C)c8cc(N(c%10ccc(C)cc%10)c%10cccc%11ccccc%10%11)ccc8-9)ccc(c8cccc4c85)c76)ccc2-3)c2cccc3ccccc23)cc1. The fourth-order valence-corrected chi connectivity index (χ4v) is 15.4. The van der Waals surface area contributed by atoms with E-state index < -0.39 is 0 Å².